The number of rotatable bonds is 1. The maximum atomic E-state index is 12.4. The average Bonchev–Trinajstić information content (AvgIpc) is 2.52. The number of anilines is 1. The maximum absolute atomic E-state index is 12.4. The number of aryl methyl sites for hydroxylation is 2. The topological polar surface area (TPSA) is 32.3 Å². The van der Waals surface area contributed by atoms with Crippen molar-refractivity contribution in [1.29, 1.82) is 0 Å². The fraction of sp³-hybridized carbons (Fsp3) is 0.588. The van der Waals surface area contributed by atoms with Gasteiger partial charge in [-0.25, -0.2) is 4.79 Å². The van der Waals surface area contributed by atoms with Crippen LogP contribution in [0.1, 0.15) is 56.4 Å². The molecular weight excluding hydrogens is 248 g/mol. The molecule has 1 aromatic carbocycles. The number of urea groups is 1. The van der Waals surface area contributed by atoms with Crippen molar-refractivity contribution in [2.75, 3.05) is 11.9 Å². The van der Waals surface area contributed by atoms with Crippen molar-refractivity contribution in [3.63, 3.8) is 0 Å². The monoisotopic (exact) mass is 272 g/mol. The lowest BCUT2D eigenvalue weighted by atomic mass is 9.83. The van der Waals surface area contributed by atoms with Crippen LogP contribution in [0, 0.1) is 13.8 Å². The Morgan fingerprint density at radius 2 is 1.85 bits per heavy atom. The lowest BCUT2D eigenvalue weighted by Gasteiger charge is -2.44. The van der Waals surface area contributed by atoms with Crippen molar-refractivity contribution < 1.29 is 4.79 Å². The smallest absolute Gasteiger partial charge is 0.315 e. The fourth-order valence-corrected chi connectivity index (χ4v) is 4.72. The first-order valence-electron chi connectivity index (χ1n) is 7.46. The second-order valence-electron chi connectivity index (χ2n) is 7.14. The van der Waals surface area contributed by atoms with Crippen LogP contribution in [0.4, 0.5) is 10.5 Å². The van der Waals surface area contributed by atoms with Crippen LogP contribution in [-0.4, -0.2) is 17.5 Å². The van der Waals surface area contributed by atoms with Crippen LogP contribution in [-0.2, 0) is 11.0 Å². The third kappa shape index (κ3) is 1.44. The third-order valence-electron chi connectivity index (χ3n) is 5.11. The number of carbonyl (C=O) groups is 1. The Labute approximate surface area is 121 Å². The van der Waals surface area contributed by atoms with Gasteiger partial charge in [0.1, 0.15) is 0 Å². The molecule has 0 saturated heterocycles. The lowest BCUT2D eigenvalue weighted by molar-refractivity contribution is 0.123. The van der Waals surface area contributed by atoms with Crippen LogP contribution in [0.2, 0.25) is 0 Å². The van der Waals surface area contributed by atoms with Crippen LogP contribution in [0.25, 0.3) is 0 Å². The molecule has 0 bridgehead atoms. The predicted molar refractivity (Wildman–Crippen MR) is 82.3 cm³/mol. The molecule has 1 atom stereocenters. The molecule has 0 spiro atoms. The molecule has 0 unspecified atom stereocenters. The molecule has 2 amide bonds. The number of amides is 2. The minimum atomic E-state index is -0.179. The summed E-state index contributed by atoms with van der Waals surface area (Å²) < 4.78 is 0. The summed E-state index contributed by atoms with van der Waals surface area (Å²) in [5, 5.41) is 3.12. The van der Waals surface area contributed by atoms with Gasteiger partial charge in [-0.05, 0) is 56.2 Å². The van der Waals surface area contributed by atoms with E-state index in [4.69, 9.17) is 0 Å². The van der Waals surface area contributed by atoms with Gasteiger partial charge in [0, 0.05) is 12.1 Å². The Kier molecular flexibility index (Phi) is 2.54. The zero-order valence-electron chi connectivity index (χ0n) is 13.3. The Bertz CT molecular complexity index is 618. The highest BCUT2D eigenvalue weighted by Gasteiger charge is 2.53. The van der Waals surface area contributed by atoms with E-state index in [1.165, 1.54) is 22.3 Å². The van der Waals surface area contributed by atoms with Crippen LogP contribution in [0.5, 0.6) is 0 Å². The molecule has 108 valence electrons. The third-order valence-corrected chi connectivity index (χ3v) is 5.11. The van der Waals surface area contributed by atoms with Gasteiger partial charge in [-0.15, -0.1) is 0 Å². The molecule has 0 radical (unpaired) electrons. The minimum absolute atomic E-state index is 0.0399. The highest BCUT2D eigenvalue weighted by atomic mass is 16.2. The van der Waals surface area contributed by atoms with Crippen LogP contribution >= 0.6 is 0 Å². The number of nitrogens with zero attached hydrogens (tertiary/aromatic N) is 1. The number of carbonyl (C=O) groups excluding carboxylic acids is 1. The van der Waals surface area contributed by atoms with Crippen molar-refractivity contribution in [3.8, 4) is 0 Å². The Balaban J connectivity index is 2.39. The van der Waals surface area contributed by atoms with Gasteiger partial charge in [-0.2, -0.15) is 0 Å². The quantitative estimate of drug-likeness (QED) is 0.821. The maximum Gasteiger partial charge on any atom is 0.322 e. The van der Waals surface area contributed by atoms with Crippen molar-refractivity contribution in [2.45, 2.75) is 58.9 Å². The SMILES string of the molecule is CCN1C(=O)Nc2c(C)cc(C)c3c2[C@@]1(C)CC3(C)C. The standard InChI is InChI=1S/C17H24N2O/c1-7-19-15(20)18-14-11(3)8-10(2)12-13(14)17(19,6)9-16(12,4)5/h8H,7,9H2,1-6H3,(H,18,20)/t17-/m1/s1. The van der Waals surface area contributed by atoms with E-state index in [0.717, 1.165) is 18.7 Å². The Morgan fingerprint density at radius 1 is 1.20 bits per heavy atom. The molecule has 1 N–H and O–H groups in total. The van der Waals surface area contributed by atoms with Gasteiger partial charge in [-0.1, -0.05) is 19.9 Å². The second-order valence-corrected chi connectivity index (χ2v) is 7.14. The van der Waals surface area contributed by atoms with E-state index >= 15 is 0 Å². The zero-order valence-corrected chi connectivity index (χ0v) is 13.3. The summed E-state index contributed by atoms with van der Waals surface area (Å²) in [5.41, 5.74) is 6.28. The summed E-state index contributed by atoms with van der Waals surface area (Å²) >= 11 is 0. The van der Waals surface area contributed by atoms with Gasteiger partial charge < -0.3 is 10.2 Å². The number of hydrogen-bond donors (Lipinski definition) is 1. The highest BCUT2D eigenvalue weighted by Crippen LogP contribution is 2.57. The molecule has 0 fully saturated rings. The number of benzene rings is 1. The summed E-state index contributed by atoms with van der Waals surface area (Å²) in [4.78, 5) is 14.4. The summed E-state index contributed by atoms with van der Waals surface area (Å²) in [6.45, 7) is 13.9. The van der Waals surface area contributed by atoms with Gasteiger partial charge in [0.25, 0.3) is 0 Å². The van der Waals surface area contributed by atoms with E-state index in [0.29, 0.717) is 0 Å². The van der Waals surface area contributed by atoms with Gasteiger partial charge in [0.15, 0.2) is 0 Å². The largest absolute Gasteiger partial charge is 0.322 e. The number of hydrogen-bond acceptors (Lipinski definition) is 1. The average molecular weight is 272 g/mol. The van der Waals surface area contributed by atoms with E-state index < -0.39 is 0 Å². The summed E-state index contributed by atoms with van der Waals surface area (Å²) in [7, 11) is 0. The van der Waals surface area contributed by atoms with Gasteiger partial charge in [-0.3, -0.25) is 0 Å². The van der Waals surface area contributed by atoms with Gasteiger partial charge in [0.05, 0.1) is 11.2 Å². The van der Waals surface area contributed by atoms with Gasteiger partial charge in [0.2, 0.25) is 0 Å². The van der Waals surface area contributed by atoms with Crippen molar-refractivity contribution in [3.05, 3.63) is 28.3 Å². The molecule has 2 aliphatic rings. The van der Waals surface area contributed by atoms with E-state index in [1.54, 1.807) is 0 Å². The van der Waals surface area contributed by atoms with Crippen LogP contribution in [0.3, 0.4) is 0 Å². The molecule has 3 heteroatoms. The summed E-state index contributed by atoms with van der Waals surface area (Å²) in [5.74, 6) is 0. The number of nitrogens with one attached hydrogen (secondary N) is 1. The first-order chi connectivity index (χ1) is 9.22. The summed E-state index contributed by atoms with van der Waals surface area (Å²) in [6, 6.07) is 2.25. The molecule has 20 heavy (non-hydrogen) atoms. The molecule has 3 nitrogen and oxygen atoms in total. The first-order valence-corrected chi connectivity index (χ1v) is 7.46. The molecule has 1 aromatic rings. The zero-order chi connectivity index (χ0) is 14.9. The predicted octanol–water partition coefficient (Wildman–Crippen LogP) is 4.07. The van der Waals surface area contributed by atoms with Crippen LogP contribution < -0.4 is 5.32 Å². The molecule has 1 aliphatic carbocycles. The minimum Gasteiger partial charge on any atom is -0.315 e. The molecule has 1 heterocycles. The Hall–Kier alpha value is -1.51. The van der Waals surface area contributed by atoms with E-state index in [-0.39, 0.29) is 17.0 Å². The van der Waals surface area contributed by atoms with Gasteiger partial charge >= 0.3 is 6.03 Å². The van der Waals surface area contributed by atoms with Crippen molar-refractivity contribution in [1.82, 2.24) is 4.90 Å². The van der Waals surface area contributed by atoms with Crippen molar-refractivity contribution in [2.24, 2.45) is 0 Å². The van der Waals surface area contributed by atoms with Crippen LogP contribution in [0.15, 0.2) is 6.07 Å². The first kappa shape index (κ1) is 13.5. The second kappa shape index (κ2) is 3.78. The van der Waals surface area contributed by atoms with E-state index in [2.05, 4.69) is 52.9 Å². The Morgan fingerprint density at radius 3 is 2.45 bits per heavy atom. The lowest BCUT2D eigenvalue weighted by Crippen LogP contribution is -2.52. The molecule has 0 saturated carbocycles. The normalized spacial score (nSPS) is 26.5. The van der Waals surface area contributed by atoms with E-state index in [9.17, 15) is 4.79 Å². The van der Waals surface area contributed by atoms with E-state index in [1.807, 2.05) is 4.90 Å². The molecule has 1 aliphatic heterocycles. The molecule has 3 rings (SSSR count). The fourth-order valence-electron chi connectivity index (χ4n) is 4.72. The molecule has 0 aromatic heterocycles. The molecular formula is C17H24N2O. The van der Waals surface area contributed by atoms with Crippen molar-refractivity contribution >= 4 is 11.7 Å². The highest BCUT2D eigenvalue weighted by molar-refractivity contribution is 5.96. The summed E-state index contributed by atoms with van der Waals surface area (Å²) in [6.07, 6.45) is 0.994.